The van der Waals surface area contributed by atoms with Gasteiger partial charge in [-0.15, -0.1) is 0 Å². The second-order valence-electron chi connectivity index (χ2n) is 5.13. The van der Waals surface area contributed by atoms with Crippen molar-refractivity contribution in [2.75, 3.05) is 5.75 Å². The van der Waals surface area contributed by atoms with Crippen molar-refractivity contribution in [3.05, 3.63) is 0 Å². The molecule has 4 aliphatic rings. The van der Waals surface area contributed by atoms with Gasteiger partial charge in [-0.1, -0.05) is 0 Å². The molecule has 0 aliphatic heterocycles. The second kappa shape index (κ2) is 1.99. The van der Waals surface area contributed by atoms with Crippen molar-refractivity contribution in [1.29, 1.82) is 0 Å². The van der Waals surface area contributed by atoms with Crippen LogP contribution in [0.4, 0.5) is 0 Å². The molecule has 0 aromatic rings. The van der Waals surface area contributed by atoms with Crippen LogP contribution in [0.5, 0.6) is 0 Å². The molecule has 4 fully saturated rings. The van der Waals surface area contributed by atoms with Gasteiger partial charge in [0.15, 0.2) is 0 Å². The fourth-order valence-corrected chi connectivity index (χ4v) is 4.56. The van der Waals surface area contributed by atoms with E-state index in [1.807, 2.05) is 0 Å². The summed E-state index contributed by atoms with van der Waals surface area (Å²) in [5, 5.41) is 0. The van der Waals surface area contributed by atoms with Gasteiger partial charge in [0, 0.05) is 0 Å². The Morgan fingerprint density at radius 1 is 1.09 bits per heavy atom. The van der Waals surface area contributed by atoms with E-state index in [1.54, 1.807) is 12.8 Å². The molecule has 11 heavy (non-hydrogen) atoms. The van der Waals surface area contributed by atoms with Crippen LogP contribution in [-0.2, 0) is 0 Å². The van der Waals surface area contributed by atoms with Crippen molar-refractivity contribution in [2.45, 2.75) is 32.1 Å². The number of hydrogen-bond acceptors (Lipinski definition) is 1. The van der Waals surface area contributed by atoms with Crippen molar-refractivity contribution in [2.24, 2.45) is 23.2 Å². The van der Waals surface area contributed by atoms with Crippen LogP contribution in [-0.4, -0.2) is 5.75 Å². The van der Waals surface area contributed by atoms with Crippen LogP contribution < -0.4 is 0 Å². The van der Waals surface area contributed by atoms with Gasteiger partial charge in [-0.2, -0.15) is 12.6 Å². The quantitative estimate of drug-likeness (QED) is 0.572. The van der Waals surface area contributed by atoms with Gasteiger partial charge in [0.25, 0.3) is 0 Å². The molecule has 0 amide bonds. The van der Waals surface area contributed by atoms with Crippen molar-refractivity contribution in [3.63, 3.8) is 0 Å². The molecule has 4 saturated carbocycles. The summed E-state index contributed by atoms with van der Waals surface area (Å²) in [5.41, 5.74) is 0.722. The Hall–Kier alpha value is 0.350. The van der Waals surface area contributed by atoms with E-state index < -0.39 is 0 Å². The first-order valence-electron chi connectivity index (χ1n) is 4.92. The lowest BCUT2D eigenvalue weighted by atomic mass is 9.71. The van der Waals surface area contributed by atoms with Gasteiger partial charge in [0.2, 0.25) is 0 Å². The topological polar surface area (TPSA) is 0 Å². The molecule has 0 N–H and O–H groups in total. The van der Waals surface area contributed by atoms with Crippen LogP contribution in [0.15, 0.2) is 0 Å². The molecule has 4 aliphatic carbocycles. The number of rotatable bonds is 1. The maximum atomic E-state index is 4.52. The molecular formula is C10H16S. The molecule has 0 saturated heterocycles. The average molecular weight is 168 g/mol. The molecular weight excluding hydrogens is 152 g/mol. The first kappa shape index (κ1) is 6.82. The monoisotopic (exact) mass is 168 g/mol. The predicted octanol–water partition coefficient (Wildman–Crippen LogP) is 2.74. The zero-order valence-electron chi connectivity index (χ0n) is 6.92. The van der Waals surface area contributed by atoms with Crippen molar-refractivity contribution in [1.82, 2.24) is 0 Å². The summed E-state index contributed by atoms with van der Waals surface area (Å²) < 4.78 is 0. The Morgan fingerprint density at radius 3 is 2.18 bits per heavy atom. The van der Waals surface area contributed by atoms with E-state index in [-0.39, 0.29) is 0 Å². The number of hydrogen-bond donors (Lipinski definition) is 1. The maximum absolute atomic E-state index is 4.52. The third-order valence-electron chi connectivity index (χ3n) is 4.39. The van der Waals surface area contributed by atoms with Gasteiger partial charge in [0.05, 0.1) is 0 Å². The molecule has 0 spiro atoms. The highest BCUT2D eigenvalue weighted by molar-refractivity contribution is 7.80. The summed E-state index contributed by atoms with van der Waals surface area (Å²) in [6.45, 7) is 0. The minimum absolute atomic E-state index is 0.722. The summed E-state index contributed by atoms with van der Waals surface area (Å²) in [7, 11) is 0. The summed E-state index contributed by atoms with van der Waals surface area (Å²) in [6, 6.07) is 0. The summed E-state index contributed by atoms with van der Waals surface area (Å²) >= 11 is 4.52. The van der Waals surface area contributed by atoms with E-state index in [1.165, 1.54) is 19.3 Å². The molecule has 4 atom stereocenters. The number of thiol groups is 1. The molecule has 0 radical (unpaired) electrons. The minimum Gasteiger partial charge on any atom is -0.179 e. The summed E-state index contributed by atoms with van der Waals surface area (Å²) in [5.74, 6) is 4.53. The first-order valence-corrected chi connectivity index (χ1v) is 5.55. The third-order valence-corrected chi connectivity index (χ3v) is 5.06. The normalized spacial score (nSPS) is 59.2. The highest BCUT2D eigenvalue weighted by Gasteiger charge is 2.54. The largest absolute Gasteiger partial charge is 0.179 e. The minimum atomic E-state index is 0.722. The Labute approximate surface area is 74.2 Å². The second-order valence-corrected chi connectivity index (χ2v) is 5.44. The summed E-state index contributed by atoms with van der Waals surface area (Å²) in [6.07, 6.45) is 7.71. The van der Waals surface area contributed by atoms with E-state index in [0.29, 0.717) is 0 Å². The van der Waals surface area contributed by atoms with Crippen molar-refractivity contribution < 1.29 is 0 Å². The Balaban J connectivity index is 1.94. The van der Waals surface area contributed by atoms with E-state index in [2.05, 4.69) is 12.6 Å². The van der Waals surface area contributed by atoms with Crippen LogP contribution in [0.25, 0.3) is 0 Å². The van der Waals surface area contributed by atoms with Gasteiger partial charge in [-0.3, -0.25) is 0 Å². The Kier molecular flexibility index (Phi) is 1.23. The van der Waals surface area contributed by atoms with E-state index in [4.69, 9.17) is 0 Å². The third kappa shape index (κ3) is 0.783. The van der Waals surface area contributed by atoms with E-state index in [9.17, 15) is 0 Å². The fourth-order valence-electron chi connectivity index (χ4n) is 4.17. The van der Waals surface area contributed by atoms with Gasteiger partial charge in [-0.05, 0) is 61.0 Å². The molecule has 4 rings (SSSR count). The van der Waals surface area contributed by atoms with Crippen LogP contribution in [0.3, 0.4) is 0 Å². The van der Waals surface area contributed by atoms with Crippen LogP contribution in [0.1, 0.15) is 32.1 Å². The molecule has 0 aromatic carbocycles. The maximum Gasteiger partial charge on any atom is -0.00409 e. The first-order chi connectivity index (χ1) is 5.31. The fraction of sp³-hybridized carbons (Fsp3) is 1.00. The lowest BCUT2D eigenvalue weighted by molar-refractivity contribution is 0.173. The molecule has 0 aromatic heterocycles. The smallest absolute Gasteiger partial charge is 0.00409 e. The van der Waals surface area contributed by atoms with Crippen LogP contribution in [0, 0.1) is 23.2 Å². The van der Waals surface area contributed by atoms with E-state index in [0.717, 1.165) is 28.9 Å². The molecule has 1 heteroatoms. The lowest BCUT2D eigenvalue weighted by Crippen LogP contribution is -2.28. The zero-order chi connectivity index (χ0) is 7.47. The van der Waals surface area contributed by atoms with Gasteiger partial charge >= 0.3 is 0 Å². The van der Waals surface area contributed by atoms with Crippen LogP contribution in [0.2, 0.25) is 0 Å². The molecule has 3 unspecified atom stereocenters. The Bertz CT molecular complexity index is 168. The van der Waals surface area contributed by atoms with Crippen molar-refractivity contribution in [3.8, 4) is 0 Å². The zero-order valence-corrected chi connectivity index (χ0v) is 7.82. The molecule has 0 heterocycles. The van der Waals surface area contributed by atoms with E-state index >= 15 is 0 Å². The highest BCUT2D eigenvalue weighted by Crippen LogP contribution is 2.64. The molecule has 62 valence electrons. The van der Waals surface area contributed by atoms with Crippen molar-refractivity contribution >= 4 is 12.6 Å². The molecule has 0 nitrogen and oxygen atoms in total. The van der Waals surface area contributed by atoms with Gasteiger partial charge in [0.1, 0.15) is 0 Å². The van der Waals surface area contributed by atoms with Gasteiger partial charge in [-0.25, -0.2) is 0 Å². The lowest BCUT2D eigenvalue weighted by Gasteiger charge is -2.37. The summed E-state index contributed by atoms with van der Waals surface area (Å²) in [4.78, 5) is 0. The predicted molar refractivity (Wildman–Crippen MR) is 49.8 cm³/mol. The standard InChI is InChI=1S/C10H16S/c11-6-10-3-7-1-8(4-10)9(2-7)5-10/h7-9,11H,1-6H2/t7?,8-,9?,10?/m1/s1. The van der Waals surface area contributed by atoms with Gasteiger partial charge < -0.3 is 0 Å². The molecule has 4 bridgehead atoms. The SMILES string of the molecule is SCC12CC3CC(C1)[C@H](C3)C2. The van der Waals surface area contributed by atoms with Crippen LogP contribution >= 0.6 is 12.6 Å². The highest BCUT2D eigenvalue weighted by atomic mass is 32.1. The average Bonchev–Trinajstić information content (AvgIpc) is 2.40. The Morgan fingerprint density at radius 2 is 1.73 bits per heavy atom.